The molecule has 0 N–H and O–H groups in total. The van der Waals surface area contributed by atoms with E-state index in [0.717, 1.165) is 16.8 Å². The maximum atomic E-state index is 12.3. The van der Waals surface area contributed by atoms with Crippen LogP contribution in [0.4, 0.5) is 11.4 Å². The van der Waals surface area contributed by atoms with E-state index in [4.69, 9.17) is 9.47 Å². The molecule has 1 atom stereocenters. The SMILES string of the molecule is CC1(C)c2ccccc2N(CCOC(=O)/C=C/c2ccncc2)C12C=Cc1cc([N+](=O)[O-])ccc1O2. The maximum Gasteiger partial charge on any atom is 0.330 e. The molecule has 0 aliphatic carbocycles. The Morgan fingerprint density at radius 1 is 1.17 bits per heavy atom. The number of carbonyl (C=O) groups is 1. The van der Waals surface area contributed by atoms with E-state index in [2.05, 4.69) is 29.8 Å². The minimum absolute atomic E-state index is 0.00973. The number of non-ortho nitro benzene ring substituents is 1. The zero-order valence-corrected chi connectivity index (χ0v) is 20.0. The van der Waals surface area contributed by atoms with E-state index >= 15 is 0 Å². The van der Waals surface area contributed by atoms with Gasteiger partial charge in [-0.15, -0.1) is 0 Å². The monoisotopic (exact) mass is 483 g/mol. The number of pyridine rings is 1. The van der Waals surface area contributed by atoms with Crippen molar-refractivity contribution in [2.75, 3.05) is 18.1 Å². The number of hydrogen-bond donors (Lipinski definition) is 0. The van der Waals surface area contributed by atoms with Crippen molar-refractivity contribution in [2.45, 2.75) is 25.0 Å². The van der Waals surface area contributed by atoms with E-state index in [-0.39, 0.29) is 12.3 Å². The first-order chi connectivity index (χ1) is 17.3. The number of aromatic nitrogens is 1. The third kappa shape index (κ3) is 3.90. The highest BCUT2D eigenvalue weighted by molar-refractivity contribution is 5.87. The number of benzene rings is 2. The Kier molecular flexibility index (Phi) is 5.80. The zero-order valence-electron chi connectivity index (χ0n) is 20.0. The molecule has 5 rings (SSSR count). The number of esters is 1. The number of nitro groups is 1. The molecular weight excluding hydrogens is 458 g/mol. The first kappa shape index (κ1) is 23.3. The highest BCUT2D eigenvalue weighted by atomic mass is 16.6. The van der Waals surface area contributed by atoms with Crippen LogP contribution < -0.4 is 9.64 Å². The number of ether oxygens (including phenoxy) is 2. The van der Waals surface area contributed by atoms with Crippen molar-refractivity contribution in [3.05, 3.63) is 106 Å². The fourth-order valence-electron chi connectivity index (χ4n) is 4.92. The average Bonchev–Trinajstić information content (AvgIpc) is 3.06. The van der Waals surface area contributed by atoms with Crippen LogP contribution in [-0.4, -0.2) is 34.8 Å². The molecule has 0 fully saturated rings. The number of hydrogen-bond acceptors (Lipinski definition) is 7. The lowest BCUT2D eigenvalue weighted by molar-refractivity contribution is -0.384. The van der Waals surface area contributed by atoms with Gasteiger partial charge in [0, 0.05) is 41.9 Å². The lowest BCUT2D eigenvalue weighted by Gasteiger charge is -2.47. The summed E-state index contributed by atoms with van der Waals surface area (Å²) in [5, 5.41) is 11.2. The smallest absolute Gasteiger partial charge is 0.330 e. The van der Waals surface area contributed by atoms with Gasteiger partial charge in [-0.1, -0.05) is 18.2 Å². The van der Waals surface area contributed by atoms with Crippen LogP contribution in [0.1, 0.15) is 30.5 Å². The summed E-state index contributed by atoms with van der Waals surface area (Å²) in [6.07, 6.45) is 10.2. The number of anilines is 1. The Morgan fingerprint density at radius 3 is 2.72 bits per heavy atom. The second-order valence-electron chi connectivity index (χ2n) is 9.19. The van der Waals surface area contributed by atoms with Gasteiger partial charge in [-0.25, -0.2) is 4.79 Å². The standard InChI is InChI=1S/C28H25N3O5/c1-27(2)23-5-3-4-6-24(23)30(17-18-35-26(32)10-7-20-12-15-29-16-13-20)28(27)14-11-21-19-22(31(33)34)8-9-25(21)36-28/h3-16,19H,17-18H2,1-2H3/b10-7+. The lowest BCUT2D eigenvalue weighted by Crippen LogP contribution is -2.60. The molecule has 36 heavy (non-hydrogen) atoms. The summed E-state index contributed by atoms with van der Waals surface area (Å²) in [5.74, 6) is 0.122. The topological polar surface area (TPSA) is 94.8 Å². The van der Waals surface area contributed by atoms with E-state index in [1.165, 1.54) is 18.2 Å². The second-order valence-corrected chi connectivity index (χ2v) is 9.19. The Hall–Kier alpha value is -4.46. The van der Waals surface area contributed by atoms with Crippen LogP contribution in [0, 0.1) is 10.1 Å². The van der Waals surface area contributed by atoms with E-state index in [0.29, 0.717) is 17.9 Å². The molecule has 8 nitrogen and oxygen atoms in total. The highest BCUT2D eigenvalue weighted by Crippen LogP contribution is 2.54. The molecule has 2 aliphatic heterocycles. The lowest BCUT2D eigenvalue weighted by atomic mass is 9.76. The number of rotatable bonds is 6. The number of para-hydroxylation sites is 1. The first-order valence-corrected chi connectivity index (χ1v) is 11.6. The molecule has 2 aromatic carbocycles. The quantitative estimate of drug-likeness (QED) is 0.207. The molecule has 8 heteroatoms. The molecule has 0 amide bonds. The van der Waals surface area contributed by atoms with Gasteiger partial charge in [0.05, 0.1) is 16.9 Å². The van der Waals surface area contributed by atoms with E-state index < -0.39 is 22.0 Å². The summed E-state index contributed by atoms with van der Waals surface area (Å²) in [4.78, 5) is 29.2. The van der Waals surface area contributed by atoms with Gasteiger partial charge in [-0.05, 0) is 67.5 Å². The van der Waals surface area contributed by atoms with Crippen LogP contribution in [0.25, 0.3) is 12.2 Å². The third-order valence-electron chi connectivity index (χ3n) is 6.80. The average molecular weight is 484 g/mol. The molecule has 0 radical (unpaired) electrons. The van der Waals surface area contributed by atoms with Gasteiger partial charge in [-0.3, -0.25) is 15.1 Å². The summed E-state index contributed by atoms with van der Waals surface area (Å²) >= 11 is 0. The Labute approximate surface area is 208 Å². The molecule has 0 saturated carbocycles. The largest absolute Gasteiger partial charge is 0.463 e. The molecule has 1 unspecified atom stereocenters. The van der Waals surface area contributed by atoms with Crippen molar-refractivity contribution in [1.82, 2.24) is 4.98 Å². The summed E-state index contributed by atoms with van der Waals surface area (Å²) in [7, 11) is 0. The van der Waals surface area contributed by atoms with Crippen LogP contribution in [0.2, 0.25) is 0 Å². The first-order valence-electron chi connectivity index (χ1n) is 11.6. The Balaban J connectivity index is 1.40. The fourth-order valence-corrected chi connectivity index (χ4v) is 4.92. The predicted octanol–water partition coefficient (Wildman–Crippen LogP) is 5.15. The van der Waals surface area contributed by atoms with Gasteiger partial charge in [0.2, 0.25) is 5.72 Å². The summed E-state index contributed by atoms with van der Waals surface area (Å²) in [5.41, 5.74) is 2.23. The van der Waals surface area contributed by atoms with E-state index in [1.807, 2.05) is 30.4 Å². The minimum atomic E-state index is -0.904. The van der Waals surface area contributed by atoms with Crippen molar-refractivity contribution in [2.24, 2.45) is 0 Å². The van der Waals surface area contributed by atoms with Crippen molar-refractivity contribution in [3.8, 4) is 5.75 Å². The number of nitrogens with zero attached hydrogens (tertiary/aromatic N) is 3. The number of nitro benzene ring substituents is 1. The summed E-state index contributed by atoms with van der Waals surface area (Å²) in [6, 6.07) is 16.3. The summed E-state index contributed by atoms with van der Waals surface area (Å²) in [6.45, 7) is 4.75. The van der Waals surface area contributed by atoms with Gasteiger partial charge in [0.1, 0.15) is 12.4 Å². The van der Waals surface area contributed by atoms with Crippen LogP contribution in [0.5, 0.6) is 5.75 Å². The minimum Gasteiger partial charge on any atom is -0.463 e. The number of fused-ring (bicyclic) bond motifs is 2. The van der Waals surface area contributed by atoms with Gasteiger partial charge in [0.15, 0.2) is 0 Å². The zero-order chi connectivity index (χ0) is 25.3. The van der Waals surface area contributed by atoms with E-state index in [1.54, 1.807) is 36.7 Å². The molecule has 3 aromatic rings. The Bertz CT molecular complexity index is 1380. The van der Waals surface area contributed by atoms with E-state index in [9.17, 15) is 14.9 Å². The normalized spacial score (nSPS) is 19.1. The van der Waals surface area contributed by atoms with Crippen LogP contribution in [0.3, 0.4) is 0 Å². The molecule has 1 spiro atoms. The molecule has 0 bridgehead atoms. The maximum absolute atomic E-state index is 12.3. The fraction of sp³-hybridized carbons (Fsp3) is 0.214. The highest BCUT2D eigenvalue weighted by Gasteiger charge is 2.58. The van der Waals surface area contributed by atoms with Gasteiger partial charge in [-0.2, -0.15) is 0 Å². The van der Waals surface area contributed by atoms with Gasteiger partial charge < -0.3 is 14.4 Å². The Morgan fingerprint density at radius 2 is 1.94 bits per heavy atom. The molecule has 2 aliphatic rings. The van der Waals surface area contributed by atoms with Crippen molar-refractivity contribution in [1.29, 1.82) is 0 Å². The van der Waals surface area contributed by atoms with Crippen molar-refractivity contribution >= 4 is 29.5 Å². The predicted molar refractivity (Wildman–Crippen MR) is 137 cm³/mol. The van der Waals surface area contributed by atoms with Gasteiger partial charge in [0.25, 0.3) is 5.69 Å². The summed E-state index contributed by atoms with van der Waals surface area (Å²) < 4.78 is 12.2. The third-order valence-corrected chi connectivity index (χ3v) is 6.80. The molecule has 3 heterocycles. The van der Waals surface area contributed by atoms with Crippen LogP contribution in [-0.2, 0) is 14.9 Å². The molecule has 182 valence electrons. The molecular formula is C28H25N3O5. The molecule has 1 aromatic heterocycles. The van der Waals surface area contributed by atoms with Crippen LogP contribution >= 0.6 is 0 Å². The number of carbonyl (C=O) groups excluding carboxylic acids is 1. The van der Waals surface area contributed by atoms with Crippen molar-refractivity contribution < 1.29 is 19.2 Å². The van der Waals surface area contributed by atoms with Crippen LogP contribution in [0.15, 0.2) is 79.1 Å². The second kappa shape index (κ2) is 8.96. The van der Waals surface area contributed by atoms with Crippen molar-refractivity contribution in [3.63, 3.8) is 0 Å². The van der Waals surface area contributed by atoms with Gasteiger partial charge >= 0.3 is 5.97 Å². The molecule has 0 saturated heterocycles.